The van der Waals surface area contributed by atoms with Crippen molar-refractivity contribution in [2.24, 2.45) is 0 Å². The zero-order valence-corrected chi connectivity index (χ0v) is 11.0. The molecule has 0 aromatic heterocycles. The van der Waals surface area contributed by atoms with Crippen LogP contribution in [-0.4, -0.2) is 4.83 Å². The van der Waals surface area contributed by atoms with Crippen molar-refractivity contribution < 1.29 is 0 Å². The van der Waals surface area contributed by atoms with Crippen LogP contribution in [0.1, 0.15) is 12.5 Å². The normalized spacial score (nSPS) is 13.5. The van der Waals surface area contributed by atoms with Crippen LogP contribution in [0.15, 0.2) is 28.7 Å². The number of hydrogen-bond acceptors (Lipinski definition) is 0. The first-order valence-corrected chi connectivity index (χ1v) is 5.95. The van der Waals surface area contributed by atoms with Crippen molar-refractivity contribution in [1.29, 1.82) is 0 Å². The average Bonchev–Trinajstić information content (AvgIpc) is 2.07. The van der Waals surface area contributed by atoms with Gasteiger partial charge in [0.2, 0.25) is 0 Å². The van der Waals surface area contributed by atoms with Crippen molar-refractivity contribution in [3.63, 3.8) is 0 Å². The number of benzene rings is 1. The van der Waals surface area contributed by atoms with Crippen molar-refractivity contribution >= 4 is 49.5 Å². The topological polar surface area (TPSA) is 0 Å². The highest BCUT2D eigenvalue weighted by Gasteiger charge is 1.96. The molecule has 0 nitrogen and oxygen atoms in total. The zero-order chi connectivity index (χ0) is 9.84. The molecular formula is C10H9Br2Cl. The molecule has 0 aliphatic rings. The average molecular weight is 324 g/mol. The highest BCUT2D eigenvalue weighted by molar-refractivity contribution is 9.10. The van der Waals surface area contributed by atoms with Gasteiger partial charge in [-0.05, 0) is 40.5 Å². The monoisotopic (exact) mass is 322 g/mol. The number of rotatable bonds is 2. The molecule has 1 atom stereocenters. The van der Waals surface area contributed by atoms with E-state index in [1.54, 1.807) is 0 Å². The Hall–Kier alpha value is 0.210. The van der Waals surface area contributed by atoms with Gasteiger partial charge >= 0.3 is 0 Å². The van der Waals surface area contributed by atoms with Crippen LogP contribution in [0.2, 0.25) is 5.02 Å². The van der Waals surface area contributed by atoms with Crippen LogP contribution in [0, 0.1) is 0 Å². The zero-order valence-electron chi connectivity index (χ0n) is 7.10. The lowest BCUT2D eigenvalue weighted by atomic mass is 10.2. The largest absolute Gasteiger partial charge is 0.0848 e. The van der Waals surface area contributed by atoms with Crippen molar-refractivity contribution in [1.82, 2.24) is 0 Å². The van der Waals surface area contributed by atoms with Crippen molar-refractivity contribution in [2.75, 3.05) is 0 Å². The van der Waals surface area contributed by atoms with E-state index in [0.29, 0.717) is 4.83 Å². The van der Waals surface area contributed by atoms with E-state index in [1.807, 2.05) is 24.3 Å². The van der Waals surface area contributed by atoms with E-state index in [-0.39, 0.29) is 0 Å². The summed E-state index contributed by atoms with van der Waals surface area (Å²) in [5.74, 6) is 0. The third kappa shape index (κ3) is 3.84. The predicted octanol–water partition coefficient (Wildman–Crippen LogP) is 4.90. The van der Waals surface area contributed by atoms with Gasteiger partial charge in [0, 0.05) is 9.30 Å². The fourth-order valence-electron chi connectivity index (χ4n) is 0.860. The van der Waals surface area contributed by atoms with Gasteiger partial charge in [0.1, 0.15) is 0 Å². The maximum absolute atomic E-state index is 5.94. The van der Waals surface area contributed by atoms with Crippen LogP contribution in [0.25, 0.3) is 6.08 Å². The van der Waals surface area contributed by atoms with Crippen LogP contribution in [-0.2, 0) is 0 Å². The van der Waals surface area contributed by atoms with Crippen LogP contribution in [0.3, 0.4) is 0 Å². The van der Waals surface area contributed by atoms with Gasteiger partial charge in [-0.2, -0.15) is 0 Å². The van der Waals surface area contributed by atoms with Crippen LogP contribution in [0.4, 0.5) is 0 Å². The molecule has 70 valence electrons. The summed E-state index contributed by atoms with van der Waals surface area (Å²) in [6.45, 7) is 2.07. The summed E-state index contributed by atoms with van der Waals surface area (Å²) >= 11 is 12.7. The third-order valence-corrected chi connectivity index (χ3v) is 3.04. The molecule has 13 heavy (non-hydrogen) atoms. The van der Waals surface area contributed by atoms with Gasteiger partial charge in [0.15, 0.2) is 0 Å². The second-order valence-corrected chi connectivity index (χ2v) is 5.42. The lowest BCUT2D eigenvalue weighted by molar-refractivity contribution is 1.28. The minimum absolute atomic E-state index is 0.384. The van der Waals surface area contributed by atoms with E-state index in [1.165, 1.54) is 0 Å². The second kappa shape index (κ2) is 5.18. The molecule has 0 saturated carbocycles. The van der Waals surface area contributed by atoms with E-state index in [2.05, 4.69) is 44.9 Å². The van der Waals surface area contributed by atoms with Gasteiger partial charge in [0.05, 0.1) is 5.02 Å². The first kappa shape index (κ1) is 11.3. The highest BCUT2D eigenvalue weighted by atomic mass is 79.9. The molecule has 0 spiro atoms. The van der Waals surface area contributed by atoms with E-state index in [9.17, 15) is 0 Å². The van der Waals surface area contributed by atoms with Crippen LogP contribution in [0.5, 0.6) is 0 Å². The summed E-state index contributed by atoms with van der Waals surface area (Å²) < 4.78 is 0.929. The standard InChI is InChI=1S/C10H9Br2Cl/c1-7(11)2-3-8-4-5-9(12)10(13)6-8/h2-7H,1H3/b3-2+. The first-order chi connectivity index (χ1) is 6.09. The van der Waals surface area contributed by atoms with E-state index in [4.69, 9.17) is 11.6 Å². The number of hydrogen-bond donors (Lipinski definition) is 0. The third-order valence-electron chi connectivity index (χ3n) is 1.50. The summed E-state index contributed by atoms with van der Waals surface area (Å²) in [5.41, 5.74) is 1.11. The lowest BCUT2D eigenvalue weighted by Gasteiger charge is -1.98. The molecule has 0 fully saturated rings. The maximum Gasteiger partial charge on any atom is 0.0554 e. The molecular weight excluding hydrogens is 315 g/mol. The number of halogens is 3. The van der Waals surface area contributed by atoms with Crippen molar-refractivity contribution in [3.8, 4) is 0 Å². The SMILES string of the molecule is CC(Br)/C=C/c1ccc(Br)c(Cl)c1. The first-order valence-electron chi connectivity index (χ1n) is 3.87. The lowest BCUT2D eigenvalue weighted by Crippen LogP contribution is -1.80. The number of allylic oxidation sites excluding steroid dienone is 1. The van der Waals surface area contributed by atoms with Crippen molar-refractivity contribution in [3.05, 3.63) is 39.3 Å². The molecule has 3 heteroatoms. The van der Waals surface area contributed by atoms with Crippen LogP contribution < -0.4 is 0 Å². The summed E-state index contributed by atoms with van der Waals surface area (Å²) in [7, 11) is 0. The molecule has 1 aromatic rings. The van der Waals surface area contributed by atoms with Crippen molar-refractivity contribution in [2.45, 2.75) is 11.8 Å². The Labute approximate surface area is 100 Å². The molecule has 0 radical (unpaired) electrons. The summed E-state index contributed by atoms with van der Waals surface area (Å²) in [6.07, 6.45) is 4.11. The molecule has 1 rings (SSSR count). The molecule has 0 N–H and O–H groups in total. The molecule has 0 heterocycles. The molecule has 0 aliphatic heterocycles. The van der Waals surface area contributed by atoms with Gasteiger partial charge in [0.25, 0.3) is 0 Å². The summed E-state index contributed by atoms with van der Waals surface area (Å²) in [6, 6.07) is 5.89. The van der Waals surface area contributed by atoms with Gasteiger partial charge in [-0.1, -0.05) is 45.7 Å². The molecule has 1 unspecified atom stereocenters. The maximum atomic E-state index is 5.94. The Balaban J connectivity index is 2.85. The van der Waals surface area contributed by atoms with Gasteiger partial charge < -0.3 is 0 Å². The Morgan fingerprint density at radius 1 is 1.46 bits per heavy atom. The van der Waals surface area contributed by atoms with Crippen LogP contribution >= 0.6 is 43.5 Å². The molecule has 0 amide bonds. The molecule has 1 aromatic carbocycles. The fraction of sp³-hybridized carbons (Fsp3) is 0.200. The Morgan fingerprint density at radius 3 is 2.69 bits per heavy atom. The van der Waals surface area contributed by atoms with E-state index < -0.39 is 0 Å². The second-order valence-electron chi connectivity index (χ2n) is 2.71. The summed E-state index contributed by atoms with van der Waals surface area (Å²) in [5, 5.41) is 0.740. The van der Waals surface area contributed by atoms with Gasteiger partial charge in [-0.25, -0.2) is 0 Å². The molecule has 0 saturated heterocycles. The highest BCUT2D eigenvalue weighted by Crippen LogP contribution is 2.23. The fourth-order valence-corrected chi connectivity index (χ4v) is 1.45. The van der Waals surface area contributed by atoms with E-state index >= 15 is 0 Å². The van der Waals surface area contributed by atoms with E-state index in [0.717, 1.165) is 15.1 Å². The molecule has 0 aliphatic carbocycles. The van der Waals surface area contributed by atoms with Gasteiger partial charge in [-0.15, -0.1) is 0 Å². The minimum Gasteiger partial charge on any atom is -0.0848 e. The van der Waals surface area contributed by atoms with Gasteiger partial charge in [-0.3, -0.25) is 0 Å². The Bertz CT molecular complexity index is 319. The summed E-state index contributed by atoms with van der Waals surface area (Å²) in [4.78, 5) is 0.384. The minimum atomic E-state index is 0.384. The molecule has 0 bridgehead atoms. The number of alkyl halides is 1. The Kier molecular flexibility index (Phi) is 4.50. The smallest absolute Gasteiger partial charge is 0.0554 e. The predicted molar refractivity (Wildman–Crippen MR) is 66.6 cm³/mol. The quantitative estimate of drug-likeness (QED) is 0.679. The Morgan fingerprint density at radius 2 is 2.15 bits per heavy atom.